The van der Waals surface area contributed by atoms with Gasteiger partial charge >= 0.3 is 0 Å². The lowest BCUT2D eigenvalue weighted by Gasteiger charge is -2.42. The Bertz CT molecular complexity index is 337. The Balaban J connectivity index is 2.18. The minimum absolute atomic E-state index is 0.525. The Morgan fingerprint density at radius 1 is 1.40 bits per heavy atom. The van der Waals surface area contributed by atoms with Gasteiger partial charge in [-0.1, -0.05) is 44.5 Å². The summed E-state index contributed by atoms with van der Waals surface area (Å²) in [5, 5.41) is 10.3. The second kappa shape index (κ2) is 3.97. The first-order valence-electron chi connectivity index (χ1n) is 5.96. The molecule has 82 valence electrons. The second-order valence-corrected chi connectivity index (χ2v) is 5.00. The van der Waals surface area contributed by atoms with Gasteiger partial charge in [0.1, 0.15) is 0 Å². The normalized spacial score (nSPS) is 29.9. The molecule has 1 fully saturated rings. The summed E-state index contributed by atoms with van der Waals surface area (Å²) in [6.07, 6.45) is 4.11. The first kappa shape index (κ1) is 10.7. The van der Waals surface area contributed by atoms with Gasteiger partial charge in [-0.3, -0.25) is 0 Å². The summed E-state index contributed by atoms with van der Waals surface area (Å²) in [7, 11) is 0. The van der Waals surface area contributed by atoms with Crippen LogP contribution in [-0.2, 0) is 12.0 Å². The number of hydrogen-bond acceptors (Lipinski definition) is 1. The lowest BCUT2D eigenvalue weighted by atomic mass is 9.68. The van der Waals surface area contributed by atoms with Gasteiger partial charge < -0.3 is 5.11 Å². The van der Waals surface area contributed by atoms with Crippen molar-refractivity contribution in [1.82, 2.24) is 0 Å². The van der Waals surface area contributed by atoms with E-state index in [-0.39, 0.29) is 0 Å². The lowest BCUT2D eigenvalue weighted by Crippen LogP contribution is -2.39. The minimum Gasteiger partial charge on any atom is -0.385 e. The molecule has 1 nitrogen and oxygen atoms in total. The van der Waals surface area contributed by atoms with E-state index < -0.39 is 5.60 Å². The highest BCUT2D eigenvalue weighted by Crippen LogP contribution is 2.45. The molecule has 0 amide bonds. The quantitative estimate of drug-likeness (QED) is 0.801. The Labute approximate surface area is 92.1 Å². The maximum Gasteiger partial charge on any atom is 0.0901 e. The Morgan fingerprint density at radius 2 is 2.13 bits per heavy atom. The van der Waals surface area contributed by atoms with Gasteiger partial charge in [-0.2, -0.15) is 0 Å². The van der Waals surface area contributed by atoms with Crippen molar-refractivity contribution < 1.29 is 5.11 Å². The van der Waals surface area contributed by atoms with Crippen molar-refractivity contribution >= 4 is 0 Å². The fraction of sp³-hybridized carbons (Fsp3) is 0.571. The van der Waals surface area contributed by atoms with Crippen molar-refractivity contribution in [3.05, 3.63) is 35.4 Å². The van der Waals surface area contributed by atoms with Gasteiger partial charge in [-0.15, -0.1) is 0 Å². The molecular weight excluding hydrogens is 184 g/mol. The van der Waals surface area contributed by atoms with Crippen LogP contribution < -0.4 is 0 Å². The Kier molecular flexibility index (Phi) is 2.83. The molecule has 15 heavy (non-hydrogen) atoms. The lowest BCUT2D eigenvalue weighted by molar-refractivity contribution is -0.0738. The molecule has 0 saturated heterocycles. The Morgan fingerprint density at radius 3 is 2.73 bits per heavy atom. The monoisotopic (exact) mass is 204 g/mol. The average Bonchev–Trinajstić information content (AvgIpc) is 2.17. The number of rotatable bonds is 3. The molecule has 0 atom stereocenters. The smallest absolute Gasteiger partial charge is 0.0901 e. The van der Waals surface area contributed by atoms with Crippen LogP contribution in [-0.4, -0.2) is 5.11 Å². The first-order chi connectivity index (χ1) is 7.14. The van der Waals surface area contributed by atoms with Gasteiger partial charge in [-0.25, -0.2) is 0 Å². The van der Waals surface area contributed by atoms with E-state index in [9.17, 15) is 5.11 Å². The van der Waals surface area contributed by atoms with E-state index in [1.165, 1.54) is 5.56 Å². The molecule has 0 radical (unpaired) electrons. The van der Waals surface area contributed by atoms with Crippen LogP contribution in [0.15, 0.2) is 24.3 Å². The zero-order valence-electron chi connectivity index (χ0n) is 9.66. The van der Waals surface area contributed by atoms with Crippen LogP contribution in [0.3, 0.4) is 0 Å². The van der Waals surface area contributed by atoms with Crippen LogP contribution in [0, 0.1) is 5.92 Å². The standard InChI is InChI=1S/C14H20O/c1-3-5-12-6-4-7-13(8-12)14(15)9-11(2)10-14/h4,6-8,11,15H,3,5,9-10H2,1-2H3. The zero-order valence-corrected chi connectivity index (χ0v) is 9.66. The molecule has 1 N–H and O–H groups in total. The first-order valence-corrected chi connectivity index (χ1v) is 5.96. The SMILES string of the molecule is CCCc1cccc(C2(O)CC(C)C2)c1. The van der Waals surface area contributed by atoms with E-state index in [2.05, 4.69) is 38.1 Å². The molecule has 1 aliphatic carbocycles. The molecule has 0 aromatic heterocycles. The van der Waals surface area contributed by atoms with Crippen LogP contribution in [0.25, 0.3) is 0 Å². The molecule has 0 unspecified atom stereocenters. The van der Waals surface area contributed by atoms with Crippen molar-refractivity contribution in [2.45, 2.75) is 45.1 Å². The maximum atomic E-state index is 10.3. The topological polar surface area (TPSA) is 20.2 Å². The summed E-state index contributed by atoms with van der Waals surface area (Å²) in [5.41, 5.74) is 1.94. The minimum atomic E-state index is -0.525. The van der Waals surface area contributed by atoms with Gasteiger partial charge in [0.2, 0.25) is 0 Å². The third-order valence-electron chi connectivity index (χ3n) is 3.38. The Hall–Kier alpha value is -0.820. The summed E-state index contributed by atoms with van der Waals surface area (Å²) in [6, 6.07) is 8.46. The van der Waals surface area contributed by atoms with E-state index in [0.29, 0.717) is 5.92 Å². The number of benzene rings is 1. The van der Waals surface area contributed by atoms with E-state index in [0.717, 1.165) is 31.2 Å². The average molecular weight is 204 g/mol. The fourth-order valence-corrected chi connectivity index (χ4v) is 2.63. The summed E-state index contributed by atoms with van der Waals surface area (Å²) in [4.78, 5) is 0. The van der Waals surface area contributed by atoms with Crippen molar-refractivity contribution in [3.63, 3.8) is 0 Å². The largest absolute Gasteiger partial charge is 0.385 e. The van der Waals surface area contributed by atoms with Gasteiger partial charge in [-0.05, 0) is 36.3 Å². The third kappa shape index (κ3) is 2.07. The van der Waals surface area contributed by atoms with Crippen LogP contribution in [0.5, 0.6) is 0 Å². The molecule has 2 rings (SSSR count). The summed E-state index contributed by atoms with van der Waals surface area (Å²) >= 11 is 0. The van der Waals surface area contributed by atoms with Crippen LogP contribution >= 0.6 is 0 Å². The molecule has 1 saturated carbocycles. The maximum absolute atomic E-state index is 10.3. The molecule has 1 heteroatoms. The number of hydrogen-bond donors (Lipinski definition) is 1. The van der Waals surface area contributed by atoms with Gasteiger partial charge in [0.25, 0.3) is 0 Å². The molecule has 0 spiro atoms. The number of aryl methyl sites for hydroxylation is 1. The van der Waals surface area contributed by atoms with Gasteiger partial charge in [0, 0.05) is 0 Å². The van der Waals surface area contributed by atoms with Gasteiger partial charge in [0.05, 0.1) is 5.60 Å². The summed E-state index contributed by atoms with van der Waals surface area (Å²) in [6.45, 7) is 4.39. The van der Waals surface area contributed by atoms with E-state index in [1.807, 2.05) is 0 Å². The van der Waals surface area contributed by atoms with Crippen LogP contribution in [0.4, 0.5) is 0 Å². The highest BCUT2D eigenvalue weighted by Gasteiger charge is 2.41. The third-order valence-corrected chi connectivity index (χ3v) is 3.38. The summed E-state index contributed by atoms with van der Waals surface area (Å²) in [5.74, 6) is 0.671. The van der Waals surface area contributed by atoms with Crippen LogP contribution in [0.2, 0.25) is 0 Å². The van der Waals surface area contributed by atoms with Crippen molar-refractivity contribution in [2.75, 3.05) is 0 Å². The predicted octanol–water partition coefficient (Wildman–Crippen LogP) is 3.26. The summed E-state index contributed by atoms with van der Waals surface area (Å²) < 4.78 is 0. The molecule has 1 aromatic rings. The highest BCUT2D eigenvalue weighted by atomic mass is 16.3. The van der Waals surface area contributed by atoms with E-state index in [1.54, 1.807) is 0 Å². The molecule has 1 aromatic carbocycles. The molecule has 0 aliphatic heterocycles. The van der Waals surface area contributed by atoms with E-state index >= 15 is 0 Å². The van der Waals surface area contributed by atoms with Crippen molar-refractivity contribution in [3.8, 4) is 0 Å². The molecule has 0 bridgehead atoms. The number of aliphatic hydroxyl groups is 1. The molecule has 0 heterocycles. The second-order valence-electron chi connectivity index (χ2n) is 5.00. The van der Waals surface area contributed by atoms with Crippen molar-refractivity contribution in [2.24, 2.45) is 5.92 Å². The van der Waals surface area contributed by atoms with Crippen LogP contribution in [0.1, 0.15) is 44.2 Å². The molecular formula is C14H20O. The van der Waals surface area contributed by atoms with Crippen molar-refractivity contribution in [1.29, 1.82) is 0 Å². The predicted molar refractivity (Wildman–Crippen MR) is 62.7 cm³/mol. The zero-order chi connectivity index (χ0) is 10.9. The van der Waals surface area contributed by atoms with Gasteiger partial charge in [0.15, 0.2) is 0 Å². The fourth-order valence-electron chi connectivity index (χ4n) is 2.63. The highest BCUT2D eigenvalue weighted by molar-refractivity contribution is 5.30. The molecule has 1 aliphatic rings. The van der Waals surface area contributed by atoms with E-state index in [4.69, 9.17) is 0 Å².